The van der Waals surface area contributed by atoms with E-state index in [1.165, 1.54) is 83.5 Å². The second-order valence-electron chi connectivity index (χ2n) is 8.32. The van der Waals surface area contributed by atoms with E-state index in [1.807, 2.05) is 5.47 Å². The van der Waals surface area contributed by atoms with Gasteiger partial charge in [-0.1, -0.05) is 116 Å². The van der Waals surface area contributed by atoms with Crippen molar-refractivity contribution in [3.63, 3.8) is 0 Å². The van der Waals surface area contributed by atoms with Gasteiger partial charge in [-0.15, -0.1) is 5.47 Å². The van der Waals surface area contributed by atoms with Gasteiger partial charge in [0.15, 0.2) is 6.71 Å². The van der Waals surface area contributed by atoms with Crippen molar-refractivity contribution in [2.45, 2.75) is 116 Å². The molecule has 0 atom stereocenters. The Hall–Kier alpha value is -0.195. The van der Waals surface area contributed by atoms with Crippen LogP contribution in [0.5, 0.6) is 0 Å². The summed E-state index contributed by atoms with van der Waals surface area (Å²) < 4.78 is 0. The Labute approximate surface area is 140 Å². The van der Waals surface area contributed by atoms with E-state index in [4.69, 9.17) is 0 Å². The van der Waals surface area contributed by atoms with Crippen molar-refractivity contribution in [2.24, 2.45) is 5.92 Å². The van der Waals surface area contributed by atoms with Crippen molar-refractivity contribution in [1.29, 1.82) is 0 Å². The highest BCUT2D eigenvalue weighted by atomic mass is 14.2. The van der Waals surface area contributed by atoms with Crippen molar-refractivity contribution in [2.75, 3.05) is 0 Å². The van der Waals surface area contributed by atoms with Gasteiger partial charge >= 0.3 is 0 Å². The standard InChI is InChI=1S/C21H39B/c1-4-5-8-17-21(18(2)3)22(19-13-9-6-10-14-19)20-15-11-7-12-16-20/h17-20H,4-16H2,1-3H3/b21-17+. The Morgan fingerprint density at radius 1 is 0.909 bits per heavy atom. The molecule has 2 fully saturated rings. The maximum absolute atomic E-state index is 2.68. The van der Waals surface area contributed by atoms with E-state index in [2.05, 4.69) is 26.8 Å². The highest BCUT2D eigenvalue weighted by Gasteiger charge is 2.37. The molecule has 0 aliphatic heterocycles. The van der Waals surface area contributed by atoms with Crippen molar-refractivity contribution in [3.8, 4) is 0 Å². The quantitative estimate of drug-likeness (QED) is 0.338. The Morgan fingerprint density at radius 2 is 1.41 bits per heavy atom. The van der Waals surface area contributed by atoms with Crippen LogP contribution in [-0.2, 0) is 0 Å². The molecule has 126 valence electrons. The zero-order valence-electron chi connectivity index (χ0n) is 15.6. The van der Waals surface area contributed by atoms with Crippen LogP contribution in [-0.4, -0.2) is 6.71 Å². The number of rotatable bonds is 7. The van der Waals surface area contributed by atoms with Gasteiger partial charge < -0.3 is 0 Å². The van der Waals surface area contributed by atoms with Crippen LogP contribution in [0.2, 0.25) is 11.6 Å². The van der Waals surface area contributed by atoms with E-state index < -0.39 is 0 Å². The van der Waals surface area contributed by atoms with Crippen LogP contribution in [0.4, 0.5) is 0 Å². The van der Waals surface area contributed by atoms with Gasteiger partial charge in [0, 0.05) is 0 Å². The van der Waals surface area contributed by atoms with Crippen LogP contribution in [0.15, 0.2) is 11.5 Å². The minimum Gasteiger partial charge on any atom is -0.102 e. The zero-order valence-corrected chi connectivity index (χ0v) is 15.6. The molecule has 0 amide bonds. The lowest BCUT2D eigenvalue weighted by molar-refractivity contribution is 0.461. The van der Waals surface area contributed by atoms with Gasteiger partial charge in [0.2, 0.25) is 0 Å². The largest absolute Gasteiger partial charge is 0.176 e. The highest BCUT2D eigenvalue weighted by Crippen LogP contribution is 2.45. The molecule has 0 nitrogen and oxygen atoms in total. The number of unbranched alkanes of at least 4 members (excludes halogenated alkanes) is 2. The summed E-state index contributed by atoms with van der Waals surface area (Å²) in [5.41, 5.74) is 1.85. The molecule has 0 N–H and O–H groups in total. The van der Waals surface area contributed by atoms with Crippen LogP contribution >= 0.6 is 0 Å². The third-order valence-electron chi connectivity index (χ3n) is 6.30. The summed E-state index contributed by atoms with van der Waals surface area (Å²) in [6.07, 6.45) is 21.7. The summed E-state index contributed by atoms with van der Waals surface area (Å²) in [5.74, 6) is 2.77. The maximum Gasteiger partial charge on any atom is 0.176 e. The summed E-state index contributed by atoms with van der Waals surface area (Å²) in [5, 5.41) is 0. The van der Waals surface area contributed by atoms with E-state index in [0.29, 0.717) is 0 Å². The lowest BCUT2D eigenvalue weighted by Gasteiger charge is -2.38. The smallest absolute Gasteiger partial charge is 0.102 e. The first-order valence-corrected chi connectivity index (χ1v) is 10.4. The molecule has 22 heavy (non-hydrogen) atoms. The molecule has 0 radical (unpaired) electrons. The lowest BCUT2D eigenvalue weighted by atomic mass is 9.26. The fraction of sp³-hybridized carbons (Fsp3) is 0.905. The SMILES string of the molecule is CCCC/C=C(/B(C1CCCCC1)C1CCCCC1)C(C)C. The number of hydrogen-bond acceptors (Lipinski definition) is 0. The van der Waals surface area contributed by atoms with Crippen molar-refractivity contribution < 1.29 is 0 Å². The minimum absolute atomic E-state index is 0.755. The lowest BCUT2D eigenvalue weighted by Crippen LogP contribution is -2.34. The van der Waals surface area contributed by atoms with Gasteiger partial charge in [0.25, 0.3) is 0 Å². The number of hydrogen-bond donors (Lipinski definition) is 0. The van der Waals surface area contributed by atoms with E-state index in [1.54, 1.807) is 0 Å². The average molecular weight is 302 g/mol. The summed E-state index contributed by atoms with van der Waals surface area (Å²) in [6.45, 7) is 8.16. The highest BCUT2D eigenvalue weighted by molar-refractivity contribution is 6.69. The minimum atomic E-state index is 0.755. The summed E-state index contributed by atoms with van der Waals surface area (Å²) in [4.78, 5) is 0. The predicted molar refractivity (Wildman–Crippen MR) is 102 cm³/mol. The molecule has 2 saturated carbocycles. The Kier molecular flexibility index (Phi) is 8.11. The molecule has 1 heteroatoms. The molecule has 0 heterocycles. The van der Waals surface area contributed by atoms with E-state index in [9.17, 15) is 0 Å². The van der Waals surface area contributed by atoms with Gasteiger partial charge in [-0.2, -0.15) is 0 Å². The molecule has 0 aromatic rings. The van der Waals surface area contributed by atoms with E-state index >= 15 is 0 Å². The molecular weight excluding hydrogens is 263 g/mol. The van der Waals surface area contributed by atoms with Crippen LogP contribution in [0.1, 0.15) is 104 Å². The Bertz CT molecular complexity index is 301. The molecule has 0 spiro atoms. The molecule has 2 aliphatic rings. The molecule has 0 aromatic carbocycles. The second kappa shape index (κ2) is 9.84. The zero-order chi connectivity index (χ0) is 15.8. The first-order valence-electron chi connectivity index (χ1n) is 10.4. The van der Waals surface area contributed by atoms with Gasteiger partial charge in [-0.25, -0.2) is 0 Å². The van der Waals surface area contributed by atoms with Gasteiger partial charge in [-0.3, -0.25) is 0 Å². The number of allylic oxidation sites excluding steroid dienone is 2. The first-order chi connectivity index (χ1) is 10.7. The fourth-order valence-electron chi connectivity index (χ4n) is 5.15. The molecule has 0 aromatic heterocycles. The van der Waals surface area contributed by atoms with E-state index in [0.717, 1.165) is 24.3 Å². The van der Waals surface area contributed by atoms with Crippen molar-refractivity contribution in [1.82, 2.24) is 0 Å². The van der Waals surface area contributed by atoms with Crippen LogP contribution in [0.25, 0.3) is 0 Å². The van der Waals surface area contributed by atoms with Gasteiger partial charge in [-0.05, 0) is 12.3 Å². The predicted octanol–water partition coefficient (Wildman–Crippen LogP) is 7.46. The molecule has 0 saturated heterocycles. The van der Waals surface area contributed by atoms with Crippen molar-refractivity contribution in [3.05, 3.63) is 11.5 Å². The monoisotopic (exact) mass is 302 g/mol. The Morgan fingerprint density at radius 3 is 1.82 bits per heavy atom. The third kappa shape index (κ3) is 5.17. The molecule has 2 aliphatic carbocycles. The maximum atomic E-state index is 2.68. The van der Waals surface area contributed by atoms with Crippen LogP contribution < -0.4 is 0 Å². The topological polar surface area (TPSA) is 0 Å². The second-order valence-corrected chi connectivity index (χ2v) is 8.32. The normalized spacial score (nSPS) is 22.3. The van der Waals surface area contributed by atoms with Gasteiger partial charge in [0.05, 0.1) is 0 Å². The third-order valence-corrected chi connectivity index (χ3v) is 6.30. The van der Waals surface area contributed by atoms with Crippen LogP contribution in [0.3, 0.4) is 0 Å². The van der Waals surface area contributed by atoms with Crippen molar-refractivity contribution >= 4 is 6.71 Å². The Balaban J connectivity index is 2.16. The fourth-order valence-corrected chi connectivity index (χ4v) is 5.15. The molecule has 2 rings (SSSR count). The molecular formula is C21H39B. The summed E-state index contributed by atoms with van der Waals surface area (Å²) >= 11 is 0. The average Bonchev–Trinajstić information content (AvgIpc) is 2.56. The van der Waals surface area contributed by atoms with Crippen LogP contribution in [0, 0.1) is 5.92 Å². The molecule has 0 unspecified atom stereocenters. The first kappa shape index (κ1) is 18.1. The summed E-state index contributed by atoms with van der Waals surface area (Å²) in [6, 6.07) is 0. The van der Waals surface area contributed by atoms with E-state index in [-0.39, 0.29) is 0 Å². The molecule has 0 bridgehead atoms. The summed E-state index contributed by atoms with van der Waals surface area (Å²) in [7, 11) is 0. The van der Waals surface area contributed by atoms with Gasteiger partial charge in [0.1, 0.15) is 0 Å².